The molecule has 0 aliphatic heterocycles. The van der Waals surface area contributed by atoms with E-state index in [0.717, 1.165) is 6.07 Å². The molecule has 0 fully saturated rings. The van der Waals surface area contributed by atoms with Gasteiger partial charge in [-0.3, -0.25) is 0 Å². The van der Waals surface area contributed by atoms with Gasteiger partial charge in [0.15, 0.2) is 6.61 Å². The van der Waals surface area contributed by atoms with Crippen molar-refractivity contribution >= 4 is 5.97 Å². The molecule has 6 heteroatoms. The van der Waals surface area contributed by atoms with Gasteiger partial charge in [-0.15, -0.1) is 0 Å². The number of rotatable bonds is 3. The molecule has 1 rings (SSSR count). The molecule has 0 amide bonds. The van der Waals surface area contributed by atoms with E-state index in [9.17, 15) is 18.0 Å². The maximum Gasteiger partial charge on any atom is 0.420 e. The first-order chi connectivity index (χ1) is 8.53. The molecule has 0 atom stereocenters. The van der Waals surface area contributed by atoms with Crippen LogP contribution >= 0.6 is 0 Å². The van der Waals surface area contributed by atoms with Gasteiger partial charge in [-0.2, -0.15) is 13.2 Å². The summed E-state index contributed by atoms with van der Waals surface area (Å²) in [5.74, 6) is -1.78. The van der Waals surface area contributed by atoms with Crippen LogP contribution in [0.3, 0.4) is 0 Å². The molecule has 0 radical (unpaired) electrons. The molecule has 0 aliphatic rings. The summed E-state index contributed by atoms with van der Waals surface area (Å²) < 4.78 is 44.2. The maximum absolute atomic E-state index is 13.1. The third kappa shape index (κ3) is 3.87. The zero-order chi connectivity index (χ0) is 14.8. The lowest BCUT2D eigenvalue weighted by Gasteiger charge is -2.25. The van der Waals surface area contributed by atoms with E-state index >= 15 is 0 Å². The fraction of sp³-hybridized carbons (Fsp3) is 0.462. The monoisotopic (exact) mass is 276 g/mol. The lowest BCUT2D eigenvalue weighted by Crippen LogP contribution is -2.21. The summed E-state index contributed by atoms with van der Waals surface area (Å²) in [7, 11) is 0. The first-order valence-corrected chi connectivity index (χ1v) is 5.59. The molecule has 0 aromatic heterocycles. The molecule has 0 saturated carbocycles. The Morgan fingerprint density at radius 2 is 1.84 bits per heavy atom. The molecule has 0 unspecified atom stereocenters. The molecule has 19 heavy (non-hydrogen) atoms. The molecule has 0 aliphatic carbocycles. The van der Waals surface area contributed by atoms with Gasteiger partial charge in [0.2, 0.25) is 0 Å². The quantitative estimate of drug-likeness (QED) is 0.919. The van der Waals surface area contributed by atoms with Crippen LogP contribution < -0.4 is 4.74 Å². The Hall–Kier alpha value is -1.72. The Morgan fingerprint density at radius 1 is 1.26 bits per heavy atom. The van der Waals surface area contributed by atoms with E-state index in [0.29, 0.717) is 0 Å². The van der Waals surface area contributed by atoms with Crippen molar-refractivity contribution in [3.63, 3.8) is 0 Å². The average Bonchev–Trinajstić information content (AvgIpc) is 2.23. The minimum Gasteiger partial charge on any atom is -0.481 e. The fourth-order valence-electron chi connectivity index (χ4n) is 1.71. The second kappa shape index (κ2) is 5.11. The summed E-state index contributed by atoms with van der Waals surface area (Å²) in [5.41, 5.74) is -1.57. The van der Waals surface area contributed by atoms with Gasteiger partial charge in [-0.05, 0) is 17.0 Å². The van der Waals surface area contributed by atoms with E-state index in [4.69, 9.17) is 9.84 Å². The first kappa shape index (κ1) is 15.3. The van der Waals surface area contributed by atoms with Crippen molar-refractivity contribution in [2.24, 2.45) is 0 Å². The summed E-state index contributed by atoms with van der Waals surface area (Å²) in [4.78, 5) is 10.4. The van der Waals surface area contributed by atoms with Crippen LogP contribution in [0.4, 0.5) is 13.2 Å². The van der Waals surface area contributed by atoms with Gasteiger partial charge in [-0.25, -0.2) is 4.79 Å². The highest BCUT2D eigenvalue weighted by Crippen LogP contribution is 2.42. The minimum atomic E-state index is -4.60. The molecule has 1 aromatic rings. The highest BCUT2D eigenvalue weighted by molar-refractivity contribution is 5.68. The lowest BCUT2D eigenvalue weighted by atomic mass is 9.83. The third-order valence-corrected chi connectivity index (χ3v) is 2.47. The van der Waals surface area contributed by atoms with Crippen molar-refractivity contribution in [1.82, 2.24) is 0 Å². The van der Waals surface area contributed by atoms with E-state index in [1.807, 2.05) is 0 Å². The van der Waals surface area contributed by atoms with E-state index in [-0.39, 0.29) is 5.56 Å². The molecular weight excluding hydrogens is 261 g/mol. The Morgan fingerprint density at radius 3 is 2.26 bits per heavy atom. The van der Waals surface area contributed by atoms with E-state index in [1.54, 1.807) is 20.8 Å². The Labute approximate surface area is 109 Å². The number of carboxylic acid groups (broad SMARTS) is 1. The van der Waals surface area contributed by atoms with Gasteiger partial charge in [0.25, 0.3) is 0 Å². The van der Waals surface area contributed by atoms with Gasteiger partial charge in [0, 0.05) is 0 Å². The van der Waals surface area contributed by atoms with Crippen LogP contribution in [0.15, 0.2) is 18.2 Å². The summed E-state index contributed by atoms with van der Waals surface area (Å²) in [6, 6.07) is 3.92. The van der Waals surface area contributed by atoms with Gasteiger partial charge in [0.1, 0.15) is 11.3 Å². The predicted molar refractivity (Wildman–Crippen MR) is 63.3 cm³/mol. The number of benzene rings is 1. The zero-order valence-corrected chi connectivity index (χ0v) is 10.8. The Kier molecular flexibility index (Phi) is 4.12. The first-order valence-electron chi connectivity index (χ1n) is 5.59. The van der Waals surface area contributed by atoms with Crippen molar-refractivity contribution in [2.75, 3.05) is 6.61 Å². The molecule has 1 N–H and O–H groups in total. The predicted octanol–water partition coefficient (Wildman–Crippen LogP) is 3.47. The lowest BCUT2D eigenvalue weighted by molar-refractivity contribution is -0.144. The topological polar surface area (TPSA) is 46.5 Å². The van der Waals surface area contributed by atoms with E-state index < -0.39 is 35.5 Å². The second-order valence-electron chi connectivity index (χ2n) is 5.11. The molecule has 0 spiro atoms. The van der Waals surface area contributed by atoms with Crippen LogP contribution in [0.25, 0.3) is 0 Å². The van der Waals surface area contributed by atoms with Crippen LogP contribution in [-0.4, -0.2) is 17.7 Å². The summed E-state index contributed by atoms with van der Waals surface area (Å²) in [6.45, 7) is 4.15. The van der Waals surface area contributed by atoms with Crippen molar-refractivity contribution < 1.29 is 27.8 Å². The van der Waals surface area contributed by atoms with Crippen LogP contribution in [0.1, 0.15) is 31.9 Å². The Bertz CT molecular complexity index is 473. The standard InChI is InChI=1S/C13H15F3O3/c1-12(2,3)8-5-4-6-9(19-7-10(17)18)11(8)13(14,15)16/h4-6H,7H2,1-3H3,(H,17,18). The van der Waals surface area contributed by atoms with Crippen LogP contribution in [-0.2, 0) is 16.4 Å². The van der Waals surface area contributed by atoms with Crippen molar-refractivity contribution in [3.05, 3.63) is 29.3 Å². The third-order valence-electron chi connectivity index (χ3n) is 2.47. The zero-order valence-electron chi connectivity index (χ0n) is 10.8. The fourth-order valence-corrected chi connectivity index (χ4v) is 1.71. The Balaban J connectivity index is 3.35. The minimum absolute atomic E-state index is 0.0721. The molecule has 1 aromatic carbocycles. The number of carbonyl (C=O) groups is 1. The van der Waals surface area contributed by atoms with Crippen molar-refractivity contribution in [3.8, 4) is 5.75 Å². The summed E-state index contributed by atoms with van der Waals surface area (Å²) in [5, 5.41) is 8.49. The van der Waals surface area contributed by atoms with Gasteiger partial charge in [0.05, 0.1) is 0 Å². The smallest absolute Gasteiger partial charge is 0.420 e. The number of carboxylic acids is 1. The number of alkyl halides is 3. The van der Waals surface area contributed by atoms with E-state index in [2.05, 4.69) is 0 Å². The molecule has 0 bridgehead atoms. The molecule has 0 saturated heterocycles. The molecule has 3 nitrogen and oxygen atoms in total. The van der Waals surface area contributed by atoms with Gasteiger partial charge in [-0.1, -0.05) is 32.9 Å². The van der Waals surface area contributed by atoms with Crippen molar-refractivity contribution in [1.29, 1.82) is 0 Å². The highest BCUT2D eigenvalue weighted by atomic mass is 19.4. The summed E-state index contributed by atoms with van der Waals surface area (Å²) >= 11 is 0. The van der Waals surface area contributed by atoms with Crippen LogP contribution in [0.5, 0.6) is 5.75 Å². The van der Waals surface area contributed by atoms with Gasteiger partial charge >= 0.3 is 12.1 Å². The average molecular weight is 276 g/mol. The number of hydrogen-bond donors (Lipinski definition) is 1. The molecule has 0 heterocycles. The van der Waals surface area contributed by atoms with Gasteiger partial charge < -0.3 is 9.84 Å². The second-order valence-corrected chi connectivity index (χ2v) is 5.11. The largest absolute Gasteiger partial charge is 0.481 e. The molecular formula is C13H15F3O3. The number of halogens is 3. The SMILES string of the molecule is CC(C)(C)c1cccc(OCC(=O)O)c1C(F)(F)F. The normalized spacial score (nSPS) is 12.3. The molecule has 106 valence electrons. The van der Waals surface area contributed by atoms with Crippen molar-refractivity contribution in [2.45, 2.75) is 32.4 Å². The maximum atomic E-state index is 13.1. The number of aliphatic carboxylic acids is 1. The summed E-state index contributed by atoms with van der Waals surface area (Å²) in [6.07, 6.45) is -4.60. The number of hydrogen-bond acceptors (Lipinski definition) is 2. The van der Waals surface area contributed by atoms with Crippen LogP contribution in [0, 0.1) is 0 Å². The number of ether oxygens (including phenoxy) is 1. The van der Waals surface area contributed by atoms with Crippen LogP contribution in [0.2, 0.25) is 0 Å². The van der Waals surface area contributed by atoms with E-state index in [1.165, 1.54) is 12.1 Å². The highest BCUT2D eigenvalue weighted by Gasteiger charge is 2.39.